The van der Waals surface area contributed by atoms with Gasteiger partial charge in [0.05, 0.1) is 7.11 Å². The number of benzene rings is 1. The molecule has 1 saturated heterocycles. The van der Waals surface area contributed by atoms with E-state index >= 15 is 0 Å². The van der Waals surface area contributed by atoms with Crippen LogP contribution in [0.4, 0.5) is 0 Å². The second-order valence-corrected chi connectivity index (χ2v) is 5.02. The molecule has 0 aromatic heterocycles. The highest BCUT2D eigenvalue weighted by atomic mass is 16.5. The lowest BCUT2D eigenvalue weighted by Crippen LogP contribution is -2.40. The molecule has 0 atom stereocenters. The Morgan fingerprint density at radius 2 is 1.95 bits per heavy atom. The molecule has 1 heterocycles. The van der Waals surface area contributed by atoms with Gasteiger partial charge in [-0.1, -0.05) is 0 Å². The first-order chi connectivity index (χ1) is 9.24. The van der Waals surface area contributed by atoms with Crippen molar-refractivity contribution in [2.75, 3.05) is 33.8 Å². The van der Waals surface area contributed by atoms with Crippen LogP contribution in [0.2, 0.25) is 0 Å². The maximum absolute atomic E-state index is 12.3. The fraction of sp³-hybridized carbons (Fsp3) is 0.533. The van der Waals surface area contributed by atoms with E-state index in [1.165, 1.54) is 0 Å². The summed E-state index contributed by atoms with van der Waals surface area (Å²) in [5.41, 5.74) is 0.743. The molecule has 0 saturated carbocycles. The number of piperidine rings is 1. The highest BCUT2D eigenvalue weighted by Crippen LogP contribution is 2.19. The Balaban J connectivity index is 1.93. The minimum Gasteiger partial charge on any atom is -0.497 e. The van der Waals surface area contributed by atoms with Crippen LogP contribution in [-0.4, -0.2) is 44.6 Å². The summed E-state index contributed by atoms with van der Waals surface area (Å²) in [6, 6.07) is 7.34. The number of nitrogens with one attached hydrogen (secondary N) is 1. The van der Waals surface area contributed by atoms with Crippen molar-refractivity contribution in [1.82, 2.24) is 10.2 Å². The third-order valence-corrected chi connectivity index (χ3v) is 3.73. The van der Waals surface area contributed by atoms with Crippen LogP contribution in [-0.2, 0) is 0 Å². The molecule has 4 nitrogen and oxygen atoms in total. The molecule has 19 heavy (non-hydrogen) atoms. The van der Waals surface area contributed by atoms with Gasteiger partial charge in [0, 0.05) is 18.7 Å². The maximum atomic E-state index is 12.3. The Bertz CT molecular complexity index is 409. The van der Waals surface area contributed by atoms with E-state index in [4.69, 9.17) is 4.74 Å². The smallest absolute Gasteiger partial charge is 0.253 e. The molecule has 0 bridgehead atoms. The molecule has 1 N–H and O–H groups in total. The van der Waals surface area contributed by atoms with Crippen LogP contribution in [0.1, 0.15) is 23.2 Å². The number of carbonyl (C=O) groups excluding carboxylic acids is 1. The molecule has 0 aliphatic carbocycles. The van der Waals surface area contributed by atoms with Gasteiger partial charge in [-0.25, -0.2) is 0 Å². The highest BCUT2D eigenvalue weighted by molar-refractivity contribution is 5.94. The molecule has 2 rings (SSSR count). The minimum absolute atomic E-state index is 0.130. The Kier molecular flexibility index (Phi) is 4.80. The highest BCUT2D eigenvalue weighted by Gasteiger charge is 2.23. The van der Waals surface area contributed by atoms with Gasteiger partial charge in [-0.15, -0.1) is 0 Å². The average molecular weight is 262 g/mol. The molecule has 1 aromatic rings. The predicted octanol–water partition coefficient (Wildman–Crippen LogP) is 1.77. The normalized spacial score (nSPS) is 16.4. The van der Waals surface area contributed by atoms with Crippen molar-refractivity contribution in [3.63, 3.8) is 0 Å². The van der Waals surface area contributed by atoms with Gasteiger partial charge in [-0.3, -0.25) is 4.79 Å². The molecule has 0 spiro atoms. The molecule has 1 aliphatic rings. The maximum Gasteiger partial charge on any atom is 0.253 e. The first kappa shape index (κ1) is 13.9. The zero-order valence-corrected chi connectivity index (χ0v) is 11.7. The van der Waals surface area contributed by atoms with E-state index in [0.717, 1.165) is 43.8 Å². The van der Waals surface area contributed by atoms with Gasteiger partial charge < -0.3 is 15.0 Å². The summed E-state index contributed by atoms with van der Waals surface area (Å²) >= 11 is 0. The number of methoxy groups -OCH3 is 1. The lowest BCUT2D eigenvalue weighted by atomic mass is 9.96. The number of nitrogens with zero attached hydrogens (tertiary/aromatic N) is 1. The molecular weight excluding hydrogens is 240 g/mol. The van der Waals surface area contributed by atoms with Gasteiger partial charge in [-0.05, 0) is 56.6 Å². The third-order valence-electron chi connectivity index (χ3n) is 3.73. The SMILES string of the molecule is CNCC1CCN(C(=O)c2ccc(OC)cc2)CC1. The Morgan fingerprint density at radius 3 is 2.47 bits per heavy atom. The van der Waals surface area contributed by atoms with Crippen molar-refractivity contribution < 1.29 is 9.53 Å². The zero-order chi connectivity index (χ0) is 13.7. The van der Waals surface area contributed by atoms with Gasteiger partial charge in [-0.2, -0.15) is 0 Å². The monoisotopic (exact) mass is 262 g/mol. The molecule has 104 valence electrons. The quantitative estimate of drug-likeness (QED) is 0.899. The molecule has 1 amide bonds. The Hall–Kier alpha value is -1.55. The van der Waals surface area contributed by atoms with Crippen molar-refractivity contribution in [2.45, 2.75) is 12.8 Å². The lowest BCUT2D eigenvalue weighted by molar-refractivity contribution is 0.0691. The summed E-state index contributed by atoms with van der Waals surface area (Å²) in [7, 11) is 3.61. The average Bonchev–Trinajstić information content (AvgIpc) is 2.48. The fourth-order valence-corrected chi connectivity index (χ4v) is 2.55. The molecule has 4 heteroatoms. The number of hydrogen-bond donors (Lipinski definition) is 1. The second kappa shape index (κ2) is 6.57. The summed E-state index contributed by atoms with van der Waals surface area (Å²) in [5, 5.41) is 3.21. The number of hydrogen-bond acceptors (Lipinski definition) is 3. The van der Waals surface area contributed by atoms with E-state index in [1.807, 2.05) is 36.2 Å². The van der Waals surface area contributed by atoms with Crippen molar-refractivity contribution in [3.05, 3.63) is 29.8 Å². The fourth-order valence-electron chi connectivity index (χ4n) is 2.55. The molecule has 1 aromatic carbocycles. The van der Waals surface area contributed by atoms with Gasteiger partial charge >= 0.3 is 0 Å². The molecule has 0 radical (unpaired) electrons. The van der Waals surface area contributed by atoms with E-state index in [-0.39, 0.29) is 5.91 Å². The Labute approximate surface area is 114 Å². The van der Waals surface area contributed by atoms with Gasteiger partial charge in [0.1, 0.15) is 5.75 Å². The van der Waals surface area contributed by atoms with Crippen molar-refractivity contribution in [3.8, 4) is 5.75 Å². The first-order valence-electron chi connectivity index (χ1n) is 6.82. The van der Waals surface area contributed by atoms with E-state index in [0.29, 0.717) is 5.92 Å². The topological polar surface area (TPSA) is 41.6 Å². The minimum atomic E-state index is 0.130. The number of rotatable bonds is 4. The van der Waals surface area contributed by atoms with Gasteiger partial charge in [0.15, 0.2) is 0 Å². The van der Waals surface area contributed by atoms with Crippen molar-refractivity contribution >= 4 is 5.91 Å². The Morgan fingerprint density at radius 1 is 1.32 bits per heavy atom. The van der Waals surface area contributed by atoms with Gasteiger partial charge in [0.2, 0.25) is 0 Å². The van der Waals surface area contributed by atoms with E-state index in [9.17, 15) is 4.79 Å². The van der Waals surface area contributed by atoms with Gasteiger partial charge in [0.25, 0.3) is 5.91 Å². The van der Waals surface area contributed by atoms with Crippen LogP contribution in [0.15, 0.2) is 24.3 Å². The molecular formula is C15H22N2O2. The standard InChI is InChI=1S/C15H22N2O2/c1-16-11-12-7-9-17(10-8-12)15(18)13-3-5-14(19-2)6-4-13/h3-6,12,16H,7-11H2,1-2H3. The van der Waals surface area contributed by atoms with Crippen molar-refractivity contribution in [1.29, 1.82) is 0 Å². The van der Waals surface area contributed by atoms with E-state index < -0.39 is 0 Å². The number of amides is 1. The summed E-state index contributed by atoms with van der Waals surface area (Å²) in [6.45, 7) is 2.76. The van der Waals surface area contributed by atoms with Crippen LogP contribution < -0.4 is 10.1 Å². The number of likely N-dealkylation sites (tertiary alicyclic amines) is 1. The molecule has 0 unspecified atom stereocenters. The third kappa shape index (κ3) is 3.47. The van der Waals surface area contributed by atoms with Crippen LogP contribution in [0.25, 0.3) is 0 Å². The number of carbonyl (C=O) groups is 1. The van der Waals surface area contributed by atoms with Crippen LogP contribution in [0.5, 0.6) is 5.75 Å². The van der Waals surface area contributed by atoms with E-state index in [1.54, 1.807) is 7.11 Å². The molecule has 1 aliphatic heterocycles. The largest absolute Gasteiger partial charge is 0.497 e. The second-order valence-electron chi connectivity index (χ2n) is 5.02. The first-order valence-corrected chi connectivity index (χ1v) is 6.82. The summed E-state index contributed by atoms with van der Waals surface area (Å²) in [5.74, 6) is 1.61. The van der Waals surface area contributed by atoms with Crippen molar-refractivity contribution in [2.24, 2.45) is 5.92 Å². The predicted molar refractivity (Wildman–Crippen MR) is 75.5 cm³/mol. The zero-order valence-electron chi connectivity index (χ0n) is 11.7. The summed E-state index contributed by atoms with van der Waals surface area (Å²) < 4.78 is 5.10. The lowest BCUT2D eigenvalue weighted by Gasteiger charge is -2.32. The van der Waals surface area contributed by atoms with Crippen LogP contribution in [0.3, 0.4) is 0 Å². The summed E-state index contributed by atoms with van der Waals surface area (Å²) in [6.07, 6.45) is 2.17. The summed E-state index contributed by atoms with van der Waals surface area (Å²) in [4.78, 5) is 14.3. The van der Waals surface area contributed by atoms with E-state index in [2.05, 4.69) is 5.32 Å². The van der Waals surface area contributed by atoms with Crippen LogP contribution >= 0.6 is 0 Å². The number of ether oxygens (including phenoxy) is 1. The molecule has 1 fully saturated rings. The van der Waals surface area contributed by atoms with Crippen LogP contribution in [0, 0.1) is 5.92 Å².